The largest absolute Gasteiger partial charge is 0.478 e. The summed E-state index contributed by atoms with van der Waals surface area (Å²) in [4.78, 5) is 26.2. The van der Waals surface area contributed by atoms with E-state index < -0.39 is 5.97 Å². The number of fused-ring (bicyclic) bond motifs is 2. The number of carbonyl (C=O) groups excluding carboxylic acids is 1. The Bertz CT molecular complexity index is 1230. The Morgan fingerprint density at radius 1 is 0.938 bits per heavy atom. The first-order chi connectivity index (χ1) is 15.6. The predicted molar refractivity (Wildman–Crippen MR) is 120 cm³/mol. The van der Waals surface area contributed by atoms with Crippen molar-refractivity contribution in [2.45, 2.75) is 38.5 Å². The van der Waals surface area contributed by atoms with Gasteiger partial charge in [0.15, 0.2) is 17.3 Å². The van der Waals surface area contributed by atoms with Crippen molar-refractivity contribution in [2.75, 3.05) is 6.79 Å². The highest BCUT2D eigenvalue weighted by Gasteiger charge is 2.28. The van der Waals surface area contributed by atoms with Crippen LogP contribution in [0.2, 0.25) is 0 Å². The molecule has 0 amide bonds. The van der Waals surface area contributed by atoms with Gasteiger partial charge < -0.3 is 14.6 Å². The van der Waals surface area contributed by atoms with Crippen LogP contribution in [-0.4, -0.2) is 32.4 Å². The summed E-state index contributed by atoms with van der Waals surface area (Å²) in [7, 11) is 0. The first-order valence-corrected chi connectivity index (χ1v) is 11.5. The first-order valence-electron chi connectivity index (χ1n) is 10.7. The summed E-state index contributed by atoms with van der Waals surface area (Å²) in [6.45, 7) is 0.111. The molecule has 1 saturated carbocycles. The Kier molecular flexibility index (Phi) is 5.61. The Hall–Kier alpha value is -3.26. The highest BCUT2D eigenvalue weighted by molar-refractivity contribution is 7.00. The van der Waals surface area contributed by atoms with Gasteiger partial charge in [-0.2, -0.15) is 8.75 Å². The second-order valence-corrected chi connectivity index (χ2v) is 8.76. The van der Waals surface area contributed by atoms with Gasteiger partial charge in [0.1, 0.15) is 11.0 Å². The zero-order chi connectivity index (χ0) is 22.1. The molecule has 2 heterocycles. The minimum Gasteiger partial charge on any atom is -0.478 e. The zero-order valence-corrected chi connectivity index (χ0v) is 18.2. The number of aromatic nitrogens is 2. The second-order valence-electron chi connectivity index (χ2n) is 8.23. The fourth-order valence-corrected chi connectivity index (χ4v) is 5.08. The number of carboxylic acids is 1. The highest BCUT2D eigenvalue weighted by Crippen LogP contribution is 2.37. The molecule has 164 valence electrons. The van der Waals surface area contributed by atoms with Gasteiger partial charge in [-0.1, -0.05) is 38.2 Å². The maximum atomic E-state index is 13.7. The van der Waals surface area contributed by atoms with Crippen LogP contribution in [0.15, 0.2) is 42.0 Å². The summed E-state index contributed by atoms with van der Waals surface area (Å²) in [6, 6.07) is 10.2. The van der Waals surface area contributed by atoms with E-state index in [4.69, 9.17) is 9.47 Å². The quantitative estimate of drug-likeness (QED) is 0.411. The molecule has 1 fully saturated rings. The second kappa shape index (κ2) is 8.70. The lowest BCUT2D eigenvalue weighted by Gasteiger charge is -2.23. The zero-order valence-electron chi connectivity index (χ0n) is 17.4. The standard InChI is InChI=1S/C24H22N2O5S/c27-23(16-7-9-20-21(12-16)31-13-30-20)17(10-14-4-2-1-3-5-14)22(24(28)29)15-6-8-18-19(11-15)26-32-25-18/h6-9,11-12,14H,1-5,10,13H2,(H,28,29)/b22-17+. The molecule has 32 heavy (non-hydrogen) atoms. The topological polar surface area (TPSA) is 98.6 Å². The first kappa shape index (κ1) is 20.6. The van der Waals surface area contributed by atoms with Crippen molar-refractivity contribution >= 4 is 40.1 Å². The number of rotatable bonds is 6. The number of benzene rings is 2. The van der Waals surface area contributed by atoms with E-state index in [0.29, 0.717) is 45.7 Å². The number of ether oxygens (including phenoxy) is 2. The van der Waals surface area contributed by atoms with Crippen molar-refractivity contribution < 1.29 is 24.2 Å². The maximum absolute atomic E-state index is 13.7. The SMILES string of the molecule is O=C(O)/C(=C(\CC1CCCCC1)C(=O)c1ccc2c(c1)OCO2)c1ccc2nsnc2c1. The van der Waals surface area contributed by atoms with Crippen LogP contribution in [0.3, 0.4) is 0 Å². The van der Waals surface area contributed by atoms with Crippen LogP contribution in [0.4, 0.5) is 0 Å². The molecular formula is C24H22N2O5S. The Morgan fingerprint density at radius 2 is 1.69 bits per heavy atom. The molecule has 3 aromatic rings. The van der Waals surface area contributed by atoms with Gasteiger partial charge in [-0.05, 0) is 48.2 Å². The molecule has 0 unspecified atom stereocenters. The predicted octanol–water partition coefficient (Wildman–Crippen LogP) is 5.11. The number of hydrogen-bond acceptors (Lipinski definition) is 7. The lowest BCUT2D eigenvalue weighted by molar-refractivity contribution is -0.130. The summed E-state index contributed by atoms with van der Waals surface area (Å²) < 4.78 is 19.2. The highest BCUT2D eigenvalue weighted by atomic mass is 32.1. The van der Waals surface area contributed by atoms with E-state index in [1.54, 1.807) is 36.4 Å². The van der Waals surface area contributed by atoms with Crippen LogP contribution < -0.4 is 9.47 Å². The fraction of sp³-hybridized carbons (Fsp3) is 0.333. The number of allylic oxidation sites excluding steroid dienone is 1. The number of ketones is 1. The molecule has 8 heteroatoms. The normalized spacial score (nSPS) is 16.8. The molecule has 0 saturated heterocycles. The van der Waals surface area contributed by atoms with Crippen molar-refractivity contribution in [3.05, 3.63) is 53.1 Å². The molecule has 7 nitrogen and oxygen atoms in total. The van der Waals surface area contributed by atoms with Crippen LogP contribution in [0.1, 0.15) is 54.4 Å². The Morgan fingerprint density at radius 3 is 2.50 bits per heavy atom. The molecule has 1 aliphatic heterocycles. The fourth-order valence-electron chi connectivity index (χ4n) is 4.56. The number of aliphatic carboxylic acids is 1. The lowest BCUT2D eigenvalue weighted by atomic mass is 9.80. The lowest BCUT2D eigenvalue weighted by Crippen LogP contribution is -2.16. The molecule has 1 N–H and O–H groups in total. The van der Waals surface area contributed by atoms with Gasteiger partial charge in [0.2, 0.25) is 6.79 Å². The monoisotopic (exact) mass is 450 g/mol. The number of carbonyl (C=O) groups is 2. The van der Waals surface area contributed by atoms with E-state index in [1.165, 1.54) is 6.42 Å². The number of hydrogen-bond donors (Lipinski definition) is 1. The molecule has 5 rings (SSSR count). The van der Waals surface area contributed by atoms with E-state index in [-0.39, 0.29) is 24.1 Å². The van der Waals surface area contributed by atoms with Crippen LogP contribution in [-0.2, 0) is 4.79 Å². The third kappa shape index (κ3) is 3.98. The molecule has 0 spiro atoms. The molecule has 0 bridgehead atoms. The molecule has 0 atom stereocenters. The van der Waals surface area contributed by atoms with Gasteiger partial charge in [0.25, 0.3) is 0 Å². The van der Waals surface area contributed by atoms with Gasteiger partial charge in [-0.15, -0.1) is 0 Å². The van der Waals surface area contributed by atoms with Crippen molar-refractivity contribution in [2.24, 2.45) is 5.92 Å². The summed E-state index contributed by atoms with van der Waals surface area (Å²) in [5.41, 5.74) is 2.56. The van der Waals surface area contributed by atoms with Crippen LogP contribution in [0.25, 0.3) is 16.6 Å². The van der Waals surface area contributed by atoms with Gasteiger partial charge in [-0.25, -0.2) is 4.79 Å². The summed E-state index contributed by atoms with van der Waals surface area (Å²) >= 11 is 1.08. The molecule has 2 aliphatic rings. The molecule has 1 aliphatic carbocycles. The van der Waals surface area contributed by atoms with E-state index in [1.807, 2.05) is 0 Å². The Balaban J connectivity index is 1.62. The van der Waals surface area contributed by atoms with Gasteiger partial charge in [0.05, 0.1) is 17.3 Å². The minimum absolute atomic E-state index is 0.0353. The van der Waals surface area contributed by atoms with E-state index in [2.05, 4.69) is 8.75 Å². The maximum Gasteiger partial charge on any atom is 0.336 e. The van der Waals surface area contributed by atoms with Gasteiger partial charge in [-0.3, -0.25) is 4.79 Å². The minimum atomic E-state index is -1.12. The summed E-state index contributed by atoms with van der Waals surface area (Å²) in [6.07, 6.45) is 5.83. The van der Waals surface area contributed by atoms with E-state index in [9.17, 15) is 14.7 Å². The average Bonchev–Trinajstić information content (AvgIpc) is 3.47. The molecular weight excluding hydrogens is 428 g/mol. The van der Waals surface area contributed by atoms with Crippen LogP contribution >= 0.6 is 11.7 Å². The van der Waals surface area contributed by atoms with Crippen LogP contribution in [0, 0.1) is 5.92 Å². The summed E-state index contributed by atoms with van der Waals surface area (Å²) in [5.74, 6) is -0.0371. The van der Waals surface area contributed by atoms with Crippen molar-refractivity contribution in [3.8, 4) is 11.5 Å². The smallest absolute Gasteiger partial charge is 0.336 e. The van der Waals surface area contributed by atoms with E-state index >= 15 is 0 Å². The third-order valence-corrected chi connectivity index (χ3v) is 6.74. The number of nitrogens with zero attached hydrogens (tertiary/aromatic N) is 2. The van der Waals surface area contributed by atoms with E-state index in [0.717, 1.165) is 37.4 Å². The Labute approximate surface area is 189 Å². The van der Waals surface area contributed by atoms with Gasteiger partial charge in [0, 0.05) is 11.1 Å². The third-order valence-electron chi connectivity index (χ3n) is 6.18. The average molecular weight is 451 g/mol. The van der Waals surface area contributed by atoms with Gasteiger partial charge >= 0.3 is 5.97 Å². The number of carboxylic acid groups (broad SMARTS) is 1. The van der Waals surface area contributed by atoms with Crippen molar-refractivity contribution in [3.63, 3.8) is 0 Å². The van der Waals surface area contributed by atoms with Crippen LogP contribution in [0.5, 0.6) is 11.5 Å². The number of Topliss-reactive ketones (excluding diaryl/α,β-unsaturated/α-hetero) is 1. The van der Waals surface area contributed by atoms with Crippen molar-refractivity contribution in [1.82, 2.24) is 8.75 Å². The molecule has 2 aromatic carbocycles. The summed E-state index contributed by atoms with van der Waals surface area (Å²) in [5, 5.41) is 10.2. The molecule has 0 radical (unpaired) electrons. The molecule has 1 aromatic heterocycles. The van der Waals surface area contributed by atoms with Crippen molar-refractivity contribution in [1.29, 1.82) is 0 Å².